The van der Waals surface area contributed by atoms with Gasteiger partial charge in [0.2, 0.25) is 0 Å². The molecular weight excluding hydrogens is 332 g/mol. The molecule has 4 aliphatic carbocycles. The van der Waals surface area contributed by atoms with Crippen molar-refractivity contribution in [3.8, 4) is 0 Å². The van der Waals surface area contributed by atoms with Crippen LogP contribution in [0.1, 0.15) is 65.7 Å². The third kappa shape index (κ3) is 1.99. The van der Waals surface area contributed by atoms with Gasteiger partial charge in [0, 0.05) is 11.3 Å². The van der Waals surface area contributed by atoms with Crippen molar-refractivity contribution in [2.45, 2.75) is 95.2 Å². The highest BCUT2D eigenvalue weighted by Gasteiger charge is 2.75. The second-order valence-electron chi connectivity index (χ2n) is 10.0. The molecule has 26 heavy (non-hydrogen) atoms. The van der Waals surface area contributed by atoms with Gasteiger partial charge in [0.05, 0.1) is 18.3 Å². The Morgan fingerprint density at radius 2 is 1.81 bits per heavy atom. The zero-order valence-corrected chi connectivity index (χ0v) is 16.1. The normalized spacial score (nSPS) is 57.6. The summed E-state index contributed by atoms with van der Waals surface area (Å²) in [6.07, 6.45) is 4.09. The minimum atomic E-state index is -1.43. The molecule has 4 rings (SSSR count). The van der Waals surface area contributed by atoms with Crippen molar-refractivity contribution in [1.82, 2.24) is 0 Å². The first-order chi connectivity index (χ1) is 12.0. The fraction of sp³-hybridized carbons (Fsp3) is 0.905. The van der Waals surface area contributed by atoms with E-state index in [1.807, 2.05) is 13.0 Å². The zero-order valence-electron chi connectivity index (χ0n) is 16.1. The summed E-state index contributed by atoms with van der Waals surface area (Å²) in [5, 5.41) is 55.4. The first-order valence-electron chi connectivity index (χ1n) is 10.2. The van der Waals surface area contributed by atoms with Crippen molar-refractivity contribution in [2.24, 2.45) is 22.7 Å². The maximum absolute atomic E-state index is 11.9. The largest absolute Gasteiger partial charge is 0.393 e. The Bertz CT molecular complexity index is 632. The van der Waals surface area contributed by atoms with E-state index in [1.54, 1.807) is 6.92 Å². The van der Waals surface area contributed by atoms with E-state index in [-0.39, 0.29) is 23.4 Å². The van der Waals surface area contributed by atoms with E-state index < -0.39 is 28.8 Å². The molecule has 0 radical (unpaired) electrons. The minimum Gasteiger partial charge on any atom is -0.393 e. The zero-order chi connectivity index (χ0) is 19.1. The van der Waals surface area contributed by atoms with Gasteiger partial charge in [-0.15, -0.1) is 0 Å². The molecule has 0 heterocycles. The van der Waals surface area contributed by atoms with Crippen LogP contribution in [0.25, 0.3) is 0 Å². The van der Waals surface area contributed by atoms with Gasteiger partial charge in [-0.3, -0.25) is 0 Å². The Balaban J connectivity index is 1.83. The second-order valence-corrected chi connectivity index (χ2v) is 10.0. The van der Waals surface area contributed by atoms with Gasteiger partial charge in [-0.2, -0.15) is 0 Å². The van der Waals surface area contributed by atoms with Crippen LogP contribution < -0.4 is 0 Å². The number of hydrogen-bond acceptors (Lipinski definition) is 5. The summed E-state index contributed by atoms with van der Waals surface area (Å²) in [5.41, 5.74) is -2.82. The molecule has 0 aromatic rings. The Morgan fingerprint density at radius 3 is 2.46 bits per heavy atom. The first-order valence-corrected chi connectivity index (χ1v) is 10.2. The third-order valence-electron chi connectivity index (χ3n) is 9.12. The predicted octanol–water partition coefficient (Wildman–Crippen LogP) is 1.51. The summed E-state index contributed by atoms with van der Waals surface area (Å²) in [6.45, 7) is 5.69. The second kappa shape index (κ2) is 5.54. The topological polar surface area (TPSA) is 101 Å². The molecule has 5 heteroatoms. The van der Waals surface area contributed by atoms with Gasteiger partial charge >= 0.3 is 0 Å². The van der Waals surface area contributed by atoms with Crippen LogP contribution in [-0.2, 0) is 0 Å². The van der Waals surface area contributed by atoms with Crippen molar-refractivity contribution in [3.63, 3.8) is 0 Å². The van der Waals surface area contributed by atoms with E-state index in [2.05, 4.69) is 6.92 Å². The monoisotopic (exact) mass is 366 g/mol. The Labute approximate surface area is 155 Å². The SMILES string of the molecule is C[C@H](O)[C@H]1CC[C@@]2(O)[C@]1(C)[C@H](O)C[C@@H]1[C@@]3(C)CC[C@H](O)CC3=CC[C@]12O. The highest BCUT2D eigenvalue weighted by molar-refractivity contribution is 5.34. The molecule has 0 aromatic heterocycles. The van der Waals surface area contributed by atoms with Crippen molar-refractivity contribution >= 4 is 0 Å². The summed E-state index contributed by atoms with van der Waals surface area (Å²) >= 11 is 0. The molecular formula is C21H34O5. The fourth-order valence-electron chi connectivity index (χ4n) is 7.45. The fourth-order valence-corrected chi connectivity index (χ4v) is 7.45. The molecule has 3 fully saturated rings. The molecule has 5 N–H and O–H groups in total. The molecule has 148 valence electrons. The average molecular weight is 366 g/mol. The quantitative estimate of drug-likeness (QED) is 0.453. The van der Waals surface area contributed by atoms with Gasteiger partial charge in [0.15, 0.2) is 0 Å². The summed E-state index contributed by atoms with van der Waals surface area (Å²) in [4.78, 5) is 0. The van der Waals surface area contributed by atoms with E-state index in [1.165, 1.54) is 0 Å². The molecule has 0 aliphatic heterocycles. The molecule has 0 saturated heterocycles. The van der Waals surface area contributed by atoms with Gasteiger partial charge in [0.25, 0.3) is 0 Å². The Hall–Kier alpha value is -0.460. The van der Waals surface area contributed by atoms with Crippen LogP contribution in [0.4, 0.5) is 0 Å². The highest BCUT2D eigenvalue weighted by atomic mass is 16.4. The highest BCUT2D eigenvalue weighted by Crippen LogP contribution is 2.69. The lowest BCUT2D eigenvalue weighted by Gasteiger charge is -2.66. The molecule has 0 bridgehead atoms. The van der Waals surface area contributed by atoms with Crippen LogP contribution in [0.5, 0.6) is 0 Å². The molecule has 5 nitrogen and oxygen atoms in total. The molecule has 9 atom stereocenters. The van der Waals surface area contributed by atoms with Crippen LogP contribution in [0.2, 0.25) is 0 Å². The van der Waals surface area contributed by atoms with Crippen LogP contribution in [0, 0.1) is 22.7 Å². The van der Waals surface area contributed by atoms with Crippen LogP contribution in [0.3, 0.4) is 0 Å². The first kappa shape index (κ1) is 18.9. The number of rotatable bonds is 1. The maximum atomic E-state index is 11.9. The molecule has 3 saturated carbocycles. The van der Waals surface area contributed by atoms with Crippen molar-refractivity contribution in [3.05, 3.63) is 11.6 Å². The van der Waals surface area contributed by atoms with E-state index in [4.69, 9.17) is 0 Å². The third-order valence-corrected chi connectivity index (χ3v) is 9.12. The Kier molecular flexibility index (Phi) is 4.02. The van der Waals surface area contributed by atoms with E-state index >= 15 is 0 Å². The number of hydrogen-bond donors (Lipinski definition) is 5. The summed E-state index contributed by atoms with van der Waals surface area (Å²) in [5.74, 6) is -0.484. The van der Waals surface area contributed by atoms with Crippen molar-refractivity contribution in [2.75, 3.05) is 0 Å². The van der Waals surface area contributed by atoms with Gasteiger partial charge in [0.1, 0.15) is 11.2 Å². The van der Waals surface area contributed by atoms with Crippen LogP contribution in [0.15, 0.2) is 11.6 Å². The number of fused-ring (bicyclic) bond motifs is 5. The smallest absolute Gasteiger partial charge is 0.102 e. The standard InChI is InChI=1S/C21H34O5/c1-12(22)15-6-9-21(26)19(15,3)17(24)11-16-18(2)7-5-14(23)10-13(18)4-8-20(16,21)25/h4,12,14-17,22-26H,5-11H2,1-3H3/t12-,14-,15+,16+,17+,18-,19-,20-,21+/m0/s1. The van der Waals surface area contributed by atoms with Gasteiger partial charge in [-0.05, 0) is 63.2 Å². The Morgan fingerprint density at radius 1 is 1.12 bits per heavy atom. The lowest BCUT2D eigenvalue weighted by atomic mass is 9.43. The maximum Gasteiger partial charge on any atom is 0.102 e. The van der Waals surface area contributed by atoms with E-state index in [0.717, 1.165) is 12.0 Å². The lowest BCUT2D eigenvalue weighted by Crippen LogP contribution is -2.75. The molecule has 0 amide bonds. The van der Waals surface area contributed by atoms with Crippen molar-refractivity contribution in [1.29, 1.82) is 0 Å². The van der Waals surface area contributed by atoms with Gasteiger partial charge in [-0.1, -0.05) is 25.5 Å². The predicted molar refractivity (Wildman–Crippen MR) is 97.2 cm³/mol. The van der Waals surface area contributed by atoms with Gasteiger partial charge in [-0.25, -0.2) is 0 Å². The summed E-state index contributed by atoms with van der Waals surface area (Å²) in [6, 6.07) is 0. The van der Waals surface area contributed by atoms with Gasteiger partial charge < -0.3 is 25.5 Å². The molecule has 0 spiro atoms. The van der Waals surface area contributed by atoms with E-state index in [9.17, 15) is 25.5 Å². The van der Waals surface area contributed by atoms with E-state index in [0.29, 0.717) is 38.5 Å². The van der Waals surface area contributed by atoms with Crippen molar-refractivity contribution < 1.29 is 25.5 Å². The number of aliphatic hydroxyl groups is 5. The lowest BCUT2D eigenvalue weighted by molar-refractivity contribution is -0.302. The average Bonchev–Trinajstić information content (AvgIpc) is 2.86. The molecule has 0 aromatic carbocycles. The molecule has 0 unspecified atom stereocenters. The van der Waals surface area contributed by atoms with Crippen LogP contribution >= 0.6 is 0 Å². The van der Waals surface area contributed by atoms with Crippen LogP contribution in [-0.4, -0.2) is 55.0 Å². The molecule has 4 aliphatic rings. The number of aliphatic hydroxyl groups excluding tert-OH is 3. The summed E-state index contributed by atoms with van der Waals surface area (Å²) < 4.78 is 0. The minimum absolute atomic E-state index is 0.237. The summed E-state index contributed by atoms with van der Waals surface area (Å²) in [7, 11) is 0.